The van der Waals surface area contributed by atoms with Crippen molar-refractivity contribution in [2.45, 2.75) is 29.9 Å². The molecule has 0 aromatic heterocycles. The van der Waals surface area contributed by atoms with Gasteiger partial charge in [-0.3, -0.25) is 14.5 Å². The second-order valence-corrected chi connectivity index (χ2v) is 9.72. The van der Waals surface area contributed by atoms with Gasteiger partial charge in [-0.25, -0.2) is 4.39 Å². The van der Waals surface area contributed by atoms with E-state index in [0.717, 1.165) is 23.7 Å². The summed E-state index contributed by atoms with van der Waals surface area (Å²) in [5, 5.41) is 1.75. The summed E-state index contributed by atoms with van der Waals surface area (Å²) in [6.45, 7) is 5.62. The molecular weight excluding hydrogens is 453 g/mol. The molecule has 1 fully saturated rings. The predicted octanol–water partition coefficient (Wildman–Crippen LogP) is 3.59. The number of aryl methyl sites for hydroxylation is 1. The van der Waals surface area contributed by atoms with E-state index in [1.165, 1.54) is 47.4 Å². The molecule has 32 heavy (non-hydrogen) atoms. The molecule has 168 valence electrons. The number of carbonyl (C=O) groups is 2. The number of benzene rings is 2. The van der Waals surface area contributed by atoms with Crippen LogP contribution in [0.1, 0.15) is 18.9 Å². The molecule has 1 N–H and O–H groups in total. The fourth-order valence-electron chi connectivity index (χ4n) is 2.97. The summed E-state index contributed by atoms with van der Waals surface area (Å²) in [4.78, 5) is 26.4. The third kappa shape index (κ3) is 5.63. The van der Waals surface area contributed by atoms with Gasteiger partial charge >= 0.3 is 0 Å². The second kappa shape index (κ2) is 10.1. The van der Waals surface area contributed by atoms with Crippen LogP contribution in [0.3, 0.4) is 0 Å². The third-order valence-electron chi connectivity index (χ3n) is 4.66. The molecule has 1 aliphatic rings. The summed E-state index contributed by atoms with van der Waals surface area (Å²) in [6.07, 6.45) is 2.03. The van der Waals surface area contributed by atoms with Crippen LogP contribution in [0.2, 0.25) is 0 Å². The quantitative estimate of drug-likeness (QED) is 0.589. The Morgan fingerprint density at radius 1 is 1.22 bits per heavy atom. The Hall–Kier alpha value is -2.98. The van der Waals surface area contributed by atoms with Crippen LogP contribution in [0, 0.1) is 5.82 Å². The van der Waals surface area contributed by atoms with E-state index in [2.05, 4.69) is 16.3 Å². The molecule has 0 spiro atoms. The largest absolute Gasteiger partial charge is 0.326 e. The van der Waals surface area contributed by atoms with Crippen LogP contribution in [-0.2, 0) is 26.0 Å². The Bertz CT molecular complexity index is 1150. The summed E-state index contributed by atoms with van der Waals surface area (Å²) in [5.41, 5.74) is 1.38. The zero-order valence-electron chi connectivity index (χ0n) is 17.3. The molecule has 0 unspecified atom stereocenters. The Balaban J connectivity index is 1.78. The normalized spacial score (nSPS) is 17.6. The van der Waals surface area contributed by atoms with Crippen molar-refractivity contribution < 1.29 is 22.4 Å². The summed E-state index contributed by atoms with van der Waals surface area (Å²) < 4.78 is 42.4. The lowest BCUT2D eigenvalue weighted by Crippen LogP contribution is -2.33. The number of rotatable bonds is 8. The lowest BCUT2D eigenvalue weighted by atomic mass is 10.2. The third-order valence-corrected chi connectivity index (χ3v) is 7.23. The Kier molecular flexibility index (Phi) is 7.47. The summed E-state index contributed by atoms with van der Waals surface area (Å²) >= 11 is 0.916. The number of nitrogens with zero attached hydrogens (tertiary/aromatic N) is 2. The number of amidine groups is 1. The number of hydrogen-bond donors (Lipinski definition) is 1. The van der Waals surface area contributed by atoms with Crippen LogP contribution in [0.4, 0.5) is 10.1 Å². The lowest BCUT2D eigenvalue weighted by Gasteiger charge is -2.13. The molecule has 0 aliphatic carbocycles. The van der Waals surface area contributed by atoms with Crippen LogP contribution in [0.5, 0.6) is 0 Å². The summed E-state index contributed by atoms with van der Waals surface area (Å²) in [7, 11) is -4.04. The van der Waals surface area contributed by atoms with Crippen LogP contribution < -0.4 is 5.32 Å². The fraction of sp³-hybridized carbons (Fsp3) is 0.227. The molecule has 0 bridgehead atoms. The van der Waals surface area contributed by atoms with E-state index in [1.54, 1.807) is 12.1 Å². The molecule has 2 aromatic carbocycles. The molecule has 1 atom stereocenters. The minimum Gasteiger partial charge on any atom is -0.326 e. The van der Waals surface area contributed by atoms with Gasteiger partial charge in [-0.15, -0.1) is 11.0 Å². The Morgan fingerprint density at radius 3 is 2.47 bits per heavy atom. The maximum atomic E-state index is 13.0. The second-order valence-electron chi connectivity index (χ2n) is 6.95. The Morgan fingerprint density at radius 2 is 1.88 bits per heavy atom. The topological polar surface area (TPSA) is 95.9 Å². The first-order valence-corrected chi connectivity index (χ1v) is 12.1. The van der Waals surface area contributed by atoms with Crippen molar-refractivity contribution in [2.75, 3.05) is 11.9 Å². The molecule has 3 rings (SSSR count). The van der Waals surface area contributed by atoms with E-state index < -0.39 is 32.9 Å². The molecule has 2 amide bonds. The number of hydrogen-bond acceptors (Lipinski definition) is 5. The van der Waals surface area contributed by atoms with Crippen molar-refractivity contribution in [3.05, 3.63) is 72.6 Å². The minimum atomic E-state index is -4.04. The van der Waals surface area contributed by atoms with E-state index in [-0.39, 0.29) is 23.0 Å². The van der Waals surface area contributed by atoms with Crippen molar-refractivity contribution in [2.24, 2.45) is 4.40 Å². The first kappa shape index (κ1) is 23.7. The number of carbonyl (C=O) groups excluding carboxylic acids is 2. The van der Waals surface area contributed by atoms with Gasteiger partial charge in [-0.1, -0.05) is 36.9 Å². The molecule has 2 aromatic rings. The first-order valence-electron chi connectivity index (χ1n) is 9.81. The van der Waals surface area contributed by atoms with Gasteiger partial charge < -0.3 is 5.32 Å². The average Bonchev–Trinajstić information content (AvgIpc) is 3.04. The highest BCUT2D eigenvalue weighted by atomic mass is 32.2. The van der Waals surface area contributed by atoms with Crippen molar-refractivity contribution in [1.82, 2.24) is 4.90 Å². The number of thioether (sulfide) groups is 1. The van der Waals surface area contributed by atoms with Gasteiger partial charge in [0.2, 0.25) is 11.8 Å². The van der Waals surface area contributed by atoms with Gasteiger partial charge in [0.15, 0.2) is 5.17 Å². The number of halogens is 1. The van der Waals surface area contributed by atoms with Gasteiger partial charge in [0.05, 0.1) is 4.90 Å². The molecule has 0 saturated carbocycles. The van der Waals surface area contributed by atoms with Crippen molar-refractivity contribution >= 4 is 44.5 Å². The average molecular weight is 476 g/mol. The van der Waals surface area contributed by atoms with Crippen LogP contribution in [0.15, 0.2) is 70.5 Å². The highest BCUT2D eigenvalue weighted by Crippen LogP contribution is 2.31. The number of nitrogens with one attached hydrogen (secondary N) is 1. The molecular formula is C22H22FN3O4S2. The molecule has 0 radical (unpaired) electrons. The SMILES string of the molecule is C=CCN1C(=O)[C@H](CC(=O)Nc2ccc(F)cc2)SC1=NS(=O)(=O)c1ccc(CC)cc1. The van der Waals surface area contributed by atoms with Gasteiger partial charge in [0.1, 0.15) is 11.1 Å². The summed E-state index contributed by atoms with van der Waals surface area (Å²) in [5.74, 6) is -1.32. The van der Waals surface area contributed by atoms with Gasteiger partial charge in [-0.2, -0.15) is 8.42 Å². The number of sulfonamides is 1. The van der Waals surface area contributed by atoms with Crippen LogP contribution in [-0.4, -0.2) is 42.1 Å². The van der Waals surface area contributed by atoms with E-state index in [1.807, 2.05) is 6.92 Å². The smallest absolute Gasteiger partial charge is 0.284 e. The van der Waals surface area contributed by atoms with E-state index in [9.17, 15) is 22.4 Å². The van der Waals surface area contributed by atoms with Crippen molar-refractivity contribution in [1.29, 1.82) is 0 Å². The fourth-order valence-corrected chi connectivity index (χ4v) is 5.34. The monoisotopic (exact) mass is 475 g/mol. The lowest BCUT2D eigenvalue weighted by molar-refractivity contribution is -0.127. The molecule has 1 saturated heterocycles. The Labute approximate surface area is 190 Å². The maximum Gasteiger partial charge on any atom is 0.284 e. The molecule has 10 heteroatoms. The predicted molar refractivity (Wildman–Crippen MR) is 123 cm³/mol. The van der Waals surface area contributed by atoms with Gasteiger partial charge in [-0.05, 0) is 48.4 Å². The van der Waals surface area contributed by atoms with Gasteiger partial charge in [0.25, 0.3) is 10.0 Å². The van der Waals surface area contributed by atoms with E-state index >= 15 is 0 Å². The van der Waals surface area contributed by atoms with E-state index in [0.29, 0.717) is 5.69 Å². The highest BCUT2D eigenvalue weighted by Gasteiger charge is 2.39. The number of amides is 2. The van der Waals surface area contributed by atoms with Crippen molar-refractivity contribution in [3.8, 4) is 0 Å². The van der Waals surface area contributed by atoms with E-state index in [4.69, 9.17) is 0 Å². The minimum absolute atomic E-state index is 0.00551. The van der Waals surface area contributed by atoms with Crippen LogP contribution in [0.25, 0.3) is 0 Å². The standard InChI is InChI=1S/C22H22FN3O4S2/c1-3-13-26-21(28)19(14-20(27)24-17-9-7-16(23)8-10-17)31-22(26)25-32(29,30)18-11-5-15(4-2)6-12-18/h3,5-12,19H,1,4,13-14H2,2H3,(H,24,27)/t19-/m0/s1. The molecule has 1 heterocycles. The molecule has 7 nitrogen and oxygen atoms in total. The molecule has 1 aliphatic heterocycles. The summed E-state index contributed by atoms with van der Waals surface area (Å²) in [6, 6.07) is 11.6. The highest BCUT2D eigenvalue weighted by molar-refractivity contribution is 8.16. The maximum absolute atomic E-state index is 13.0. The first-order chi connectivity index (χ1) is 15.2. The van der Waals surface area contributed by atoms with Crippen molar-refractivity contribution in [3.63, 3.8) is 0 Å². The van der Waals surface area contributed by atoms with Crippen LogP contribution >= 0.6 is 11.8 Å². The zero-order valence-corrected chi connectivity index (χ0v) is 19.0. The number of anilines is 1. The zero-order chi connectivity index (χ0) is 23.3. The van der Waals surface area contributed by atoms with Gasteiger partial charge in [0, 0.05) is 18.7 Å².